The van der Waals surface area contributed by atoms with Crippen molar-refractivity contribution in [3.05, 3.63) is 37.1 Å². The normalized spacial score (nSPS) is 7.64. The minimum atomic E-state index is 0.169. The molecule has 0 aliphatic heterocycles. The zero-order chi connectivity index (χ0) is 8.69. The third-order valence-corrected chi connectivity index (χ3v) is 0.850. The Labute approximate surface area is 64.9 Å². The molecule has 0 aliphatic carbocycles. The van der Waals surface area contributed by atoms with Gasteiger partial charge in [-0.05, 0) is 24.3 Å². The van der Waals surface area contributed by atoms with Crippen LogP contribution in [0.25, 0.3) is 0 Å². The summed E-state index contributed by atoms with van der Waals surface area (Å²) in [6.07, 6.45) is 0.750. The topological polar surface area (TPSA) is 60.7 Å². The van der Waals surface area contributed by atoms with E-state index in [1.807, 2.05) is 0 Å². The minimum Gasteiger partial charge on any atom is -0.516 e. The highest BCUT2D eigenvalue weighted by Crippen LogP contribution is 2.13. The van der Waals surface area contributed by atoms with Gasteiger partial charge in [0, 0.05) is 0 Å². The highest BCUT2D eigenvalue weighted by Gasteiger charge is 1.84. The van der Waals surface area contributed by atoms with Crippen LogP contribution in [0, 0.1) is 0 Å². The number of hydrogen-bond donors (Lipinski definition) is 3. The Morgan fingerprint density at radius 1 is 1.00 bits per heavy atom. The van der Waals surface area contributed by atoms with Crippen molar-refractivity contribution < 1.29 is 15.3 Å². The minimum absolute atomic E-state index is 0.169. The molecule has 3 nitrogen and oxygen atoms in total. The summed E-state index contributed by atoms with van der Waals surface area (Å²) in [5.74, 6) is 0.339. The summed E-state index contributed by atoms with van der Waals surface area (Å²) < 4.78 is 0. The summed E-state index contributed by atoms with van der Waals surface area (Å²) in [6, 6.07) is 5.70. The Bertz CT molecular complexity index is 182. The lowest BCUT2D eigenvalue weighted by molar-refractivity contribution is 0.460. The van der Waals surface area contributed by atoms with Gasteiger partial charge in [0.25, 0.3) is 0 Å². The first-order valence-corrected chi connectivity index (χ1v) is 2.94. The summed E-state index contributed by atoms with van der Waals surface area (Å²) in [5, 5.41) is 24.6. The fourth-order valence-electron chi connectivity index (χ4n) is 0.453. The molecule has 0 heterocycles. The predicted molar refractivity (Wildman–Crippen MR) is 42.6 cm³/mol. The van der Waals surface area contributed by atoms with E-state index in [9.17, 15) is 0 Å². The number of hydrogen-bond acceptors (Lipinski definition) is 3. The molecular weight excluding hydrogens is 144 g/mol. The Morgan fingerprint density at radius 3 is 1.36 bits per heavy atom. The van der Waals surface area contributed by atoms with Crippen LogP contribution in [0.3, 0.4) is 0 Å². The van der Waals surface area contributed by atoms with Crippen molar-refractivity contribution in [2.75, 3.05) is 0 Å². The molecule has 3 N–H and O–H groups in total. The van der Waals surface area contributed by atoms with Gasteiger partial charge in [-0.2, -0.15) is 0 Å². The number of benzene rings is 1. The molecule has 0 bridgehead atoms. The van der Waals surface area contributed by atoms with E-state index in [4.69, 9.17) is 15.3 Å². The van der Waals surface area contributed by atoms with Crippen LogP contribution in [0.4, 0.5) is 0 Å². The van der Waals surface area contributed by atoms with E-state index in [2.05, 4.69) is 6.58 Å². The molecule has 1 aromatic rings. The molecular formula is C8H10O3. The molecule has 0 radical (unpaired) electrons. The largest absolute Gasteiger partial charge is 0.516 e. The van der Waals surface area contributed by atoms with Crippen molar-refractivity contribution in [1.82, 2.24) is 0 Å². The Kier molecular flexibility index (Phi) is 4.40. The van der Waals surface area contributed by atoms with Crippen LogP contribution in [-0.4, -0.2) is 15.3 Å². The maximum Gasteiger partial charge on any atom is 0.115 e. The van der Waals surface area contributed by atoms with Gasteiger partial charge in [0.1, 0.15) is 11.5 Å². The van der Waals surface area contributed by atoms with E-state index in [0.717, 1.165) is 6.26 Å². The average molecular weight is 154 g/mol. The molecule has 1 rings (SSSR count). The van der Waals surface area contributed by atoms with E-state index in [1.54, 1.807) is 0 Å². The van der Waals surface area contributed by atoms with Crippen LogP contribution in [0.2, 0.25) is 0 Å². The van der Waals surface area contributed by atoms with Crippen LogP contribution in [0.15, 0.2) is 37.1 Å². The standard InChI is InChI=1S/C6H6O2.C2H4O/c7-5-1-2-6(8)4-3-5;1-2-3/h1-4,7-8H;2-3H,1H2. The zero-order valence-corrected chi connectivity index (χ0v) is 5.94. The highest BCUT2D eigenvalue weighted by atomic mass is 16.3. The maximum absolute atomic E-state index is 8.65. The molecule has 0 aliphatic rings. The monoisotopic (exact) mass is 154 g/mol. The van der Waals surface area contributed by atoms with Crippen molar-refractivity contribution in [1.29, 1.82) is 0 Å². The van der Waals surface area contributed by atoms with Gasteiger partial charge in [-0.3, -0.25) is 0 Å². The molecule has 1 aromatic carbocycles. The predicted octanol–water partition coefficient (Wildman–Crippen LogP) is 1.79. The maximum atomic E-state index is 8.65. The SMILES string of the molecule is C=CO.Oc1ccc(O)cc1. The fourth-order valence-corrected chi connectivity index (χ4v) is 0.453. The van der Waals surface area contributed by atoms with Gasteiger partial charge in [0.2, 0.25) is 0 Å². The lowest BCUT2D eigenvalue weighted by Gasteiger charge is -1.88. The fraction of sp³-hybridized carbons (Fsp3) is 0. The second kappa shape index (κ2) is 5.17. The van der Waals surface area contributed by atoms with Gasteiger partial charge in [-0.1, -0.05) is 6.58 Å². The van der Waals surface area contributed by atoms with Crippen LogP contribution >= 0.6 is 0 Å². The molecule has 0 amide bonds. The molecule has 0 saturated heterocycles. The van der Waals surface area contributed by atoms with Gasteiger partial charge in [0.05, 0.1) is 6.26 Å². The Balaban J connectivity index is 0.000000292. The average Bonchev–Trinajstić information content (AvgIpc) is 1.97. The number of aromatic hydroxyl groups is 2. The molecule has 0 aromatic heterocycles. The van der Waals surface area contributed by atoms with Gasteiger partial charge in [-0.15, -0.1) is 0 Å². The smallest absolute Gasteiger partial charge is 0.115 e. The van der Waals surface area contributed by atoms with Crippen LogP contribution in [0.1, 0.15) is 0 Å². The molecule has 0 fully saturated rings. The van der Waals surface area contributed by atoms with Gasteiger partial charge in [0.15, 0.2) is 0 Å². The van der Waals surface area contributed by atoms with Crippen LogP contribution < -0.4 is 0 Å². The Hall–Kier alpha value is -1.64. The van der Waals surface area contributed by atoms with Crippen molar-refractivity contribution in [3.63, 3.8) is 0 Å². The number of aliphatic hydroxyl groups is 1. The second-order valence-electron chi connectivity index (χ2n) is 1.70. The van der Waals surface area contributed by atoms with E-state index >= 15 is 0 Å². The first-order chi connectivity index (χ1) is 5.20. The zero-order valence-electron chi connectivity index (χ0n) is 5.94. The molecule has 0 spiro atoms. The van der Waals surface area contributed by atoms with E-state index in [1.165, 1.54) is 24.3 Å². The Morgan fingerprint density at radius 2 is 1.18 bits per heavy atom. The summed E-state index contributed by atoms with van der Waals surface area (Å²) in [4.78, 5) is 0. The number of aliphatic hydroxyl groups excluding tert-OH is 1. The highest BCUT2D eigenvalue weighted by molar-refractivity contribution is 5.28. The number of rotatable bonds is 0. The van der Waals surface area contributed by atoms with Crippen LogP contribution in [0.5, 0.6) is 11.5 Å². The third kappa shape index (κ3) is 4.84. The summed E-state index contributed by atoms with van der Waals surface area (Å²) in [6.45, 7) is 2.92. The van der Waals surface area contributed by atoms with Gasteiger partial charge < -0.3 is 15.3 Å². The van der Waals surface area contributed by atoms with E-state index < -0.39 is 0 Å². The molecule has 60 valence electrons. The summed E-state index contributed by atoms with van der Waals surface area (Å²) >= 11 is 0. The van der Waals surface area contributed by atoms with E-state index in [-0.39, 0.29) is 11.5 Å². The lowest BCUT2D eigenvalue weighted by atomic mass is 10.3. The number of phenols is 2. The van der Waals surface area contributed by atoms with Crippen molar-refractivity contribution in [2.24, 2.45) is 0 Å². The number of phenolic OH excluding ortho intramolecular Hbond substituents is 2. The van der Waals surface area contributed by atoms with Crippen LogP contribution in [-0.2, 0) is 0 Å². The summed E-state index contributed by atoms with van der Waals surface area (Å²) in [5.41, 5.74) is 0. The third-order valence-electron chi connectivity index (χ3n) is 0.850. The molecule has 3 heteroatoms. The van der Waals surface area contributed by atoms with Crippen molar-refractivity contribution in [2.45, 2.75) is 0 Å². The molecule has 0 saturated carbocycles. The van der Waals surface area contributed by atoms with Gasteiger partial charge >= 0.3 is 0 Å². The first kappa shape index (κ1) is 9.36. The molecule has 11 heavy (non-hydrogen) atoms. The molecule has 0 atom stereocenters. The van der Waals surface area contributed by atoms with Gasteiger partial charge in [-0.25, -0.2) is 0 Å². The summed E-state index contributed by atoms with van der Waals surface area (Å²) in [7, 11) is 0. The van der Waals surface area contributed by atoms with Crippen molar-refractivity contribution >= 4 is 0 Å². The van der Waals surface area contributed by atoms with E-state index in [0.29, 0.717) is 0 Å². The first-order valence-electron chi connectivity index (χ1n) is 2.94. The lowest BCUT2D eigenvalue weighted by Crippen LogP contribution is -1.61. The van der Waals surface area contributed by atoms with Crippen molar-refractivity contribution in [3.8, 4) is 11.5 Å². The molecule has 0 unspecified atom stereocenters. The second-order valence-corrected chi connectivity index (χ2v) is 1.70. The quantitative estimate of drug-likeness (QED) is 0.394.